The molecule has 0 aliphatic carbocycles. The van der Waals surface area contributed by atoms with Gasteiger partial charge in [-0.05, 0) is 24.1 Å². The molecule has 0 fully saturated rings. The number of aryl methyl sites for hydroxylation is 1. The first-order valence-electron chi connectivity index (χ1n) is 5.52. The van der Waals surface area contributed by atoms with Gasteiger partial charge in [0, 0.05) is 10.9 Å². The molecule has 3 N–H and O–H groups in total. The molecule has 1 aromatic carbocycles. The minimum atomic E-state index is -3.03. The molecule has 0 bridgehead atoms. The van der Waals surface area contributed by atoms with Crippen LogP contribution in [0.2, 0.25) is 0 Å². The zero-order valence-electron chi connectivity index (χ0n) is 9.76. The van der Waals surface area contributed by atoms with Crippen molar-refractivity contribution >= 4 is 21.8 Å². The van der Waals surface area contributed by atoms with Gasteiger partial charge in [-0.25, -0.2) is 8.78 Å². The SMILES string of the molecule is NCC(F)(F)CNC(=O)CCc1ccc(Br)cc1. The number of nitrogens with two attached hydrogens (primary N) is 1. The maximum absolute atomic E-state index is 12.8. The second-order valence-corrected chi connectivity index (χ2v) is 4.88. The Kier molecular flexibility index (Phi) is 5.68. The van der Waals surface area contributed by atoms with Crippen LogP contribution in [0, 0.1) is 0 Å². The Labute approximate surface area is 113 Å². The van der Waals surface area contributed by atoms with Gasteiger partial charge >= 0.3 is 0 Å². The molecule has 0 aliphatic rings. The van der Waals surface area contributed by atoms with Crippen LogP contribution in [0.25, 0.3) is 0 Å². The van der Waals surface area contributed by atoms with Crippen molar-refractivity contribution in [2.24, 2.45) is 5.73 Å². The summed E-state index contributed by atoms with van der Waals surface area (Å²) >= 11 is 3.31. The number of hydrogen-bond acceptors (Lipinski definition) is 2. The Hall–Kier alpha value is -1.01. The first kappa shape index (κ1) is 15.0. The third-order valence-electron chi connectivity index (χ3n) is 2.40. The van der Waals surface area contributed by atoms with Crippen molar-refractivity contribution in [3.63, 3.8) is 0 Å². The Morgan fingerprint density at radius 3 is 2.50 bits per heavy atom. The van der Waals surface area contributed by atoms with Gasteiger partial charge in [0.2, 0.25) is 5.91 Å². The molecule has 3 nitrogen and oxygen atoms in total. The van der Waals surface area contributed by atoms with Crippen molar-refractivity contribution in [1.29, 1.82) is 0 Å². The van der Waals surface area contributed by atoms with Crippen LogP contribution >= 0.6 is 15.9 Å². The summed E-state index contributed by atoms with van der Waals surface area (Å²) in [5.41, 5.74) is 5.85. The fourth-order valence-electron chi connectivity index (χ4n) is 1.30. The summed E-state index contributed by atoms with van der Waals surface area (Å²) in [6, 6.07) is 7.50. The molecular formula is C12H15BrF2N2O. The lowest BCUT2D eigenvalue weighted by Crippen LogP contribution is -2.41. The molecule has 100 valence electrons. The van der Waals surface area contributed by atoms with E-state index in [0.717, 1.165) is 10.0 Å². The van der Waals surface area contributed by atoms with Gasteiger partial charge in [0.25, 0.3) is 5.92 Å². The molecule has 0 heterocycles. The highest BCUT2D eigenvalue weighted by atomic mass is 79.9. The molecule has 0 saturated heterocycles. The average molecular weight is 321 g/mol. The number of amides is 1. The number of hydrogen-bond donors (Lipinski definition) is 2. The van der Waals surface area contributed by atoms with E-state index in [-0.39, 0.29) is 6.42 Å². The molecule has 0 unspecified atom stereocenters. The van der Waals surface area contributed by atoms with Crippen LogP contribution in [0.15, 0.2) is 28.7 Å². The van der Waals surface area contributed by atoms with Gasteiger partial charge in [-0.2, -0.15) is 0 Å². The Morgan fingerprint density at radius 2 is 1.94 bits per heavy atom. The Bertz CT molecular complexity index is 396. The van der Waals surface area contributed by atoms with Gasteiger partial charge < -0.3 is 11.1 Å². The summed E-state index contributed by atoms with van der Waals surface area (Å²) in [6.45, 7) is -1.47. The van der Waals surface area contributed by atoms with Crippen LogP contribution in [0.1, 0.15) is 12.0 Å². The lowest BCUT2D eigenvalue weighted by atomic mass is 10.1. The zero-order valence-corrected chi connectivity index (χ0v) is 11.3. The summed E-state index contributed by atoms with van der Waals surface area (Å²) in [6.07, 6.45) is 0.704. The first-order valence-corrected chi connectivity index (χ1v) is 6.31. The fraction of sp³-hybridized carbons (Fsp3) is 0.417. The van der Waals surface area contributed by atoms with Crippen LogP contribution < -0.4 is 11.1 Å². The van der Waals surface area contributed by atoms with E-state index in [0.29, 0.717) is 6.42 Å². The van der Waals surface area contributed by atoms with Crippen molar-refractivity contribution in [1.82, 2.24) is 5.32 Å². The van der Waals surface area contributed by atoms with Crippen LogP contribution in [-0.2, 0) is 11.2 Å². The van der Waals surface area contributed by atoms with Crippen molar-refractivity contribution in [3.05, 3.63) is 34.3 Å². The summed E-state index contributed by atoms with van der Waals surface area (Å²) in [5, 5.41) is 2.18. The topological polar surface area (TPSA) is 55.1 Å². The number of rotatable bonds is 6. The quantitative estimate of drug-likeness (QED) is 0.843. The monoisotopic (exact) mass is 320 g/mol. The lowest BCUT2D eigenvalue weighted by molar-refractivity contribution is -0.122. The Balaban J connectivity index is 2.31. The molecule has 0 aromatic heterocycles. The maximum Gasteiger partial charge on any atom is 0.277 e. The minimum Gasteiger partial charge on any atom is -0.350 e. The third kappa shape index (κ3) is 5.55. The fourth-order valence-corrected chi connectivity index (χ4v) is 1.56. The van der Waals surface area contributed by atoms with Gasteiger partial charge in [-0.15, -0.1) is 0 Å². The molecule has 0 radical (unpaired) electrons. The summed E-state index contributed by atoms with van der Waals surface area (Å²) in [4.78, 5) is 11.4. The van der Waals surface area contributed by atoms with Crippen LogP contribution in [0.5, 0.6) is 0 Å². The van der Waals surface area contributed by atoms with Crippen molar-refractivity contribution < 1.29 is 13.6 Å². The van der Waals surface area contributed by atoms with Gasteiger partial charge in [0.15, 0.2) is 0 Å². The lowest BCUT2D eigenvalue weighted by Gasteiger charge is -2.14. The van der Waals surface area contributed by atoms with Crippen molar-refractivity contribution in [2.45, 2.75) is 18.8 Å². The number of carbonyl (C=O) groups is 1. The van der Waals surface area contributed by atoms with E-state index in [1.165, 1.54) is 0 Å². The van der Waals surface area contributed by atoms with E-state index in [1.807, 2.05) is 24.3 Å². The molecule has 0 spiro atoms. The molecular weight excluding hydrogens is 306 g/mol. The molecule has 18 heavy (non-hydrogen) atoms. The van der Waals surface area contributed by atoms with E-state index in [9.17, 15) is 13.6 Å². The third-order valence-corrected chi connectivity index (χ3v) is 2.93. The molecule has 1 rings (SSSR count). The largest absolute Gasteiger partial charge is 0.350 e. The molecule has 1 amide bonds. The van der Waals surface area contributed by atoms with Crippen molar-refractivity contribution in [2.75, 3.05) is 13.1 Å². The van der Waals surface area contributed by atoms with Gasteiger partial charge in [-0.3, -0.25) is 4.79 Å². The highest BCUT2D eigenvalue weighted by Crippen LogP contribution is 2.12. The summed E-state index contributed by atoms with van der Waals surface area (Å²) in [7, 11) is 0. The van der Waals surface area contributed by atoms with E-state index in [1.54, 1.807) is 0 Å². The smallest absolute Gasteiger partial charge is 0.277 e. The maximum atomic E-state index is 12.8. The number of carbonyl (C=O) groups excluding carboxylic acids is 1. The molecule has 1 aromatic rings. The predicted octanol–water partition coefficient (Wildman–Crippen LogP) is 2.09. The van der Waals surface area contributed by atoms with Crippen LogP contribution in [0.3, 0.4) is 0 Å². The van der Waals surface area contributed by atoms with Crippen molar-refractivity contribution in [3.8, 4) is 0 Å². The molecule has 0 saturated carbocycles. The number of alkyl halides is 2. The van der Waals surface area contributed by atoms with Crippen LogP contribution in [-0.4, -0.2) is 24.9 Å². The normalized spacial score (nSPS) is 11.3. The number of halogens is 3. The predicted molar refractivity (Wildman–Crippen MR) is 69.5 cm³/mol. The molecule has 6 heteroatoms. The second-order valence-electron chi connectivity index (χ2n) is 3.96. The first-order chi connectivity index (χ1) is 8.43. The van der Waals surface area contributed by atoms with Crippen LogP contribution in [0.4, 0.5) is 8.78 Å². The molecule has 0 atom stereocenters. The average Bonchev–Trinajstić information content (AvgIpc) is 2.36. The standard InChI is InChI=1S/C12H15BrF2N2O/c13-10-4-1-9(2-5-10)3-6-11(18)17-8-12(14,15)7-16/h1-2,4-5H,3,6-8,16H2,(H,17,18). The number of nitrogens with one attached hydrogen (secondary N) is 1. The van der Waals surface area contributed by atoms with Gasteiger partial charge in [0.05, 0.1) is 13.1 Å². The highest BCUT2D eigenvalue weighted by Gasteiger charge is 2.26. The zero-order chi connectivity index (χ0) is 13.6. The summed E-state index contributed by atoms with van der Waals surface area (Å²) < 4.78 is 26.5. The van der Waals surface area contributed by atoms with Gasteiger partial charge in [-0.1, -0.05) is 28.1 Å². The highest BCUT2D eigenvalue weighted by molar-refractivity contribution is 9.10. The minimum absolute atomic E-state index is 0.183. The van der Waals surface area contributed by atoms with E-state index in [2.05, 4.69) is 21.2 Å². The Morgan fingerprint density at radius 1 is 1.33 bits per heavy atom. The van der Waals surface area contributed by atoms with Gasteiger partial charge in [0.1, 0.15) is 0 Å². The van der Waals surface area contributed by atoms with E-state index < -0.39 is 24.9 Å². The molecule has 0 aliphatic heterocycles. The van der Waals surface area contributed by atoms with E-state index >= 15 is 0 Å². The number of benzene rings is 1. The van der Waals surface area contributed by atoms with E-state index in [4.69, 9.17) is 5.73 Å². The summed E-state index contributed by atoms with van der Waals surface area (Å²) in [5.74, 6) is -3.43. The second kappa shape index (κ2) is 6.80.